The van der Waals surface area contributed by atoms with E-state index in [1.165, 1.54) is 0 Å². The molecule has 0 unspecified atom stereocenters. The summed E-state index contributed by atoms with van der Waals surface area (Å²) in [6.07, 6.45) is 0. The molecule has 5 nitrogen and oxygen atoms in total. The minimum atomic E-state index is -0.108. The van der Waals surface area contributed by atoms with Crippen LogP contribution in [0.2, 0.25) is 0 Å². The van der Waals surface area contributed by atoms with Gasteiger partial charge in [0.1, 0.15) is 0 Å². The second-order valence-corrected chi connectivity index (χ2v) is 4.52. The number of hydrogen-bond acceptors (Lipinski definition) is 4. The normalized spacial score (nSPS) is 12.2. The van der Waals surface area contributed by atoms with Crippen molar-refractivity contribution in [2.45, 2.75) is 0 Å². The van der Waals surface area contributed by atoms with Crippen molar-refractivity contribution < 1.29 is 14.3 Å². The van der Waals surface area contributed by atoms with Crippen LogP contribution in [-0.4, -0.2) is 19.7 Å². The number of nitrogens with two attached hydrogens (primary N) is 1. The van der Waals surface area contributed by atoms with E-state index in [0.29, 0.717) is 22.7 Å². The number of ether oxygens (including phenoxy) is 2. The van der Waals surface area contributed by atoms with E-state index >= 15 is 0 Å². The van der Waals surface area contributed by atoms with Crippen molar-refractivity contribution in [2.24, 2.45) is 0 Å². The highest BCUT2D eigenvalue weighted by molar-refractivity contribution is 6.06. The third-order valence-corrected chi connectivity index (χ3v) is 3.21. The molecule has 0 bridgehead atoms. The predicted molar refractivity (Wildman–Crippen MR) is 76.2 cm³/mol. The fourth-order valence-corrected chi connectivity index (χ4v) is 2.03. The molecule has 0 radical (unpaired) electrons. The summed E-state index contributed by atoms with van der Waals surface area (Å²) in [5.41, 5.74) is 7.58. The van der Waals surface area contributed by atoms with Crippen LogP contribution in [0.3, 0.4) is 0 Å². The van der Waals surface area contributed by atoms with Crippen LogP contribution in [-0.2, 0) is 0 Å². The Kier molecular flexibility index (Phi) is 2.95. The number of carbonyl (C=O) groups is 1. The Morgan fingerprint density at radius 3 is 2.55 bits per heavy atom. The first kappa shape index (κ1) is 12.3. The summed E-state index contributed by atoms with van der Waals surface area (Å²) < 4.78 is 10.6. The molecule has 0 saturated heterocycles. The first-order valence-corrected chi connectivity index (χ1v) is 6.18. The van der Waals surface area contributed by atoms with Gasteiger partial charge in [-0.25, -0.2) is 0 Å². The minimum absolute atomic E-state index is 0.108. The molecule has 0 aromatic heterocycles. The van der Waals surface area contributed by atoms with Gasteiger partial charge in [0.05, 0.1) is 0 Å². The average molecular weight is 270 g/mol. The zero-order valence-electron chi connectivity index (χ0n) is 11.0. The molecule has 0 aliphatic carbocycles. The number of rotatable bonds is 2. The van der Waals surface area contributed by atoms with Crippen molar-refractivity contribution >= 4 is 17.3 Å². The lowest BCUT2D eigenvalue weighted by molar-refractivity contribution is 0.0993. The topological polar surface area (TPSA) is 64.8 Å². The number of anilines is 2. The van der Waals surface area contributed by atoms with Crippen LogP contribution in [0.15, 0.2) is 42.5 Å². The van der Waals surface area contributed by atoms with Crippen LogP contribution in [0.1, 0.15) is 10.4 Å². The van der Waals surface area contributed by atoms with Crippen LogP contribution in [0, 0.1) is 0 Å². The lowest BCUT2D eigenvalue weighted by atomic mass is 10.1. The van der Waals surface area contributed by atoms with Gasteiger partial charge >= 0.3 is 0 Å². The van der Waals surface area contributed by atoms with Gasteiger partial charge in [-0.15, -0.1) is 0 Å². The van der Waals surface area contributed by atoms with Crippen molar-refractivity contribution in [1.82, 2.24) is 0 Å². The molecule has 2 aromatic carbocycles. The first-order chi connectivity index (χ1) is 9.65. The number of amides is 1. The first-order valence-electron chi connectivity index (χ1n) is 6.18. The van der Waals surface area contributed by atoms with E-state index < -0.39 is 0 Å². The van der Waals surface area contributed by atoms with Crippen LogP contribution in [0.5, 0.6) is 11.5 Å². The van der Waals surface area contributed by atoms with E-state index in [0.717, 1.165) is 5.69 Å². The van der Waals surface area contributed by atoms with E-state index in [-0.39, 0.29) is 12.7 Å². The number of hydrogen-bond donors (Lipinski definition) is 1. The Balaban J connectivity index is 1.86. The molecule has 0 saturated carbocycles. The van der Waals surface area contributed by atoms with Gasteiger partial charge in [-0.05, 0) is 36.4 Å². The van der Waals surface area contributed by atoms with E-state index in [4.69, 9.17) is 15.2 Å². The van der Waals surface area contributed by atoms with Crippen molar-refractivity contribution in [3.8, 4) is 11.5 Å². The van der Waals surface area contributed by atoms with E-state index in [2.05, 4.69) is 0 Å². The fourth-order valence-electron chi connectivity index (χ4n) is 2.03. The summed E-state index contributed by atoms with van der Waals surface area (Å²) in [6.45, 7) is 0.217. The summed E-state index contributed by atoms with van der Waals surface area (Å²) in [4.78, 5) is 13.9. The van der Waals surface area contributed by atoms with E-state index in [9.17, 15) is 4.79 Å². The maximum Gasteiger partial charge on any atom is 0.258 e. The Bertz CT molecular complexity index is 653. The van der Waals surface area contributed by atoms with Gasteiger partial charge < -0.3 is 20.1 Å². The average Bonchev–Trinajstić information content (AvgIpc) is 2.94. The molecule has 2 aromatic rings. The fraction of sp³-hybridized carbons (Fsp3) is 0.133. The maximum absolute atomic E-state index is 12.4. The van der Waals surface area contributed by atoms with E-state index in [1.807, 2.05) is 6.07 Å². The summed E-state index contributed by atoms with van der Waals surface area (Å²) in [5, 5.41) is 0. The monoisotopic (exact) mass is 270 g/mol. The number of carbonyl (C=O) groups excluding carboxylic acids is 1. The summed E-state index contributed by atoms with van der Waals surface area (Å²) in [7, 11) is 1.72. The van der Waals surface area contributed by atoms with Crippen molar-refractivity contribution in [2.75, 3.05) is 24.5 Å². The molecule has 20 heavy (non-hydrogen) atoms. The molecule has 3 rings (SSSR count). The molecule has 0 spiro atoms. The standard InChI is InChI=1S/C15H14N2O3/c1-17(15(18)10-2-4-11(16)5-3-10)12-6-7-13-14(8-12)20-9-19-13/h2-8H,9,16H2,1H3. The Hall–Kier alpha value is -2.69. The zero-order chi connectivity index (χ0) is 14.1. The predicted octanol–water partition coefficient (Wildman–Crippen LogP) is 2.27. The molecule has 1 amide bonds. The largest absolute Gasteiger partial charge is 0.454 e. The number of nitrogen functional groups attached to an aromatic ring is 1. The van der Waals surface area contributed by atoms with Gasteiger partial charge in [-0.1, -0.05) is 0 Å². The van der Waals surface area contributed by atoms with Gasteiger partial charge in [0.15, 0.2) is 11.5 Å². The highest BCUT2D eigenvalue weighted by atomic mass is 16.7. The number of benzene rings is 2. The third kappa shape index (κ3) is 2.14. The second-order valence-electron chi connectivity index (χ2n) is 4.52. The Morgan fingerprint density at radius 2 is 1.80 bits per heavy atom. The smallest absolute Gasteiger partial charge is 0.258 e. The van der Waals surface area contributed by atoms with Crippen LogP contribution >= 0.6 is 0 Å². The maximum atomic E-state index is 12.4. The lowest BCUT2D eigenvalue weighted by Crippen LogP contribution is -2.26. The molecule has 1 aliphatic heterocycles. The molecule has 5 heteroatoms. The molecule has 2 N–H and O–H groups in total. The van der Waals surface area contributed by atoms with Gasteiger partial charge in [-0.2, -0.15) is 0 Å². The van der Waals surface area contributed by atoms with Crippen molar-refractivity contribution in [3.05, 3.63) is 48.0 Å². The highest BCUT2D eigenvalue weighted by Gasteiger charge is 2.18. The summed E-state index contributed by atoms with van der Waals surface area (Å²) in [5.74, 6) is 1.24. The molecule has 102 valence electrons. The van der Waals surface area contributed by atoms with E-state index in [1.54, 1.807) is 48.3 Å². The summed E-state index contributed by atoms with van der Waals surface area (Å²) in [6, 6.07) is 12.2. The summed E-state index contributed by atoms with van der Waals surface area (Å²) >= 11 is 0. The van der Waals surface area contributed by atoms with Gasteiger partial charge in [0.2, 0.25) is 6.79 Å². The molecule has 0 fully saturated rings. The quantitative estimate of drug-likeness (QED) is 0.850. The third-order valence-electron chi connectivity index (χ3n) is 3.21. The molecule has 0 atom stereocenters. The van der Waals surface area contributed by atoms with Gasteiger partial charge in [0, 0.05) is 30.1 Å². The lowest BCUT2D eigenvalue weighted by Gasteiger charge is -2.17. The van der Waals surface area contributed by atoms with Gasteiger partial charge in [0.25, 0.3) is 5.91 Å². The minimum Gasteiger partial charge on any atom is -0.454 e. The molecule has 1 heterocycles. The van der Waals surface area contributed by atoms with Crippen LogP contribution in [0.4, 0.5) is 11.4 Å². The van der Waals surface area contributed by atoms with Crippen molar-refractivity contribution in [3.63, 3.8) is 0 Å². The molecule has 1 aliphatic rings. The Morgan fingerprint density at radius 1 is 1.10 bits per heavy atom. The molecular formula is C15H14N2O3. The van der Waals surface area contributed by atoms with Crippen LogP contribution < -0.4 is 20.1 Å². The molecular weight excluding hydrogens is 256 g/mol. The zero-order valence-corrected chi connectivity index (χ0v) is 11.0. The number of nitrogens with zero attached hydrogens (tertiary/aromatic N) is 1. The second kappa shape index (κ2) is 4.77. The highest BCUT2D eigenvalue weighted by Crippen LogP contribution is 2.35. The SMILES string of the molecule is CN(C(=O)c1ccc(N)cc1)c1ccc2c(c1)OCO2. The number of fused-ring (bicyclic) bond motifs is 1. The van der Waals surface area contributed by atoms with Gasteiger partial charge in [-0.3, -0.25) is 4.79 Å². The Labute approximate surface area is 116 Å². The van der Waals surface area contributed by atoms with Crippen LogP contribution in [0.25, 0.3) is 0 Å². The van der Waals surface area contributed by atoms with Crippen molar-refractivity contribution in [1.29, 1.82) is 0 Å².